The molecule has 0 bridgehead atoms. The Labute approximate surface area is 453 Å². The van der Waals surface area contributed by atoms with Crippen LogP contribution in [0.4, 0.5) is 0 Å². The molecule has 0 rings (SSSR count). The number of amides is 8. The summed E-state index contributed by atoms with van der Waals surface area (Å²) in [5.74, 6) is -17.6. The first-order valence-corrected chi connectivity index (χ1v) is 25.1. The molecule has 0 saturated carbocycles. The van der Waals surface area contributed by atoms with Crippen molar-refractivity contribution in [2.45, 2.75) is 158 Å². The molecule has 446 valence electrons. The second kappa shape index (κ2) is 38.2. The summed E-state index contributed by atoms with van der Waals surface area (Å²) in [5, 5.41) is 84.9. The third kappa shape index (κ3) is 31.4. The van der Waals surface area contributed by atoms with Gasteiger partial charge in [0.05, 0.1) is 19.0 Å². The number of nitrogens with one attached hydrogen (secondary N) is 12. The summed E-state index contributed by atoms with van der Waals surface area (Å²) in [6.45, 7) is 2.59. The normalized spacial score (nSPS) is 14.2. The van der Waals surface area contributed by atoms with Gasteiger partial charge in [-0.1, -0.05) is 20.3 Å². The molecule has 0 fully saturated rings. The minimum atomic E-state index is -1.93. The van der Waals surface area contributed by atoms with Crippen LogP contribution in [0.5, 0.6) is 0 Å². The molecule has 0 aliphatic heterocycles. The van der Waals surface area contributed by atoms with Gasteiger partial charge >= 0.3 is 29.8 Å². The highest BCUT2D eigenvalue weighted by Gasteiger charge is 2.35. The van der Waals surface area contributed by atoms with Crippen LogP contribution in [-0.4, -0.2) is 189 Å². The van der Waals surface area contributed by atoms with Gasteiger partial charge in [-0.05, 0) is 76.7 Å². The molecule has 0 aromatic carbocycles. The van der Waals surface area contributed by atoms with E-state index in [-0.39, 0.29) is 70.1 Å². The van der Waals surface area contributed by atoms with Gasteiger partial charge in [-0.3, -0.25) is 68.4 Å². The van der Waals surface area contributed by atoms with Crippen LogP contribution in [0.25, 0.3) is 0 Å². The fourth-order valence-electron chi connectivity index (χ4n) is 7.06. The molecule has 8 amide bonds. The number of aliphatic carboxylic acids is 5. The number of rotatable bonds is 42. The van der Waals surface area contributed by atoms with Crippen molar-refractivity contribution in [2.75, 3.05) is 26.2 Å². The molecule has 25 N–H and O–H groups in total. The predicted molar refractivity (Wildman–Crippen MR) is 276 cm³/mol. The van der Waals surface area contributed by atoms with Crippen LogP contribution in [0.3, 0.4) is 0 Å². The van der Waals surface area contributed by atoms with Crippen LogP contribution in [0.2, 0.25) is 0 Å². The van der Waals surface area contributed by atoms with Crippen LogP contribution in [0.15, 0.2) is 0 Å². The molecule has 0 unspecified atom stereocenters. The molecule has 34 heteroatoms. The maximum atomic E-state index is 14.0. The van der Waals surface area contributed by atoms with Gasteiger partial charge in [0.1, 0.15) is 42.3 Å². The van der Waals surface area contributed by atoms with Crippen molar-refractivity contribution in [3.63, 3.8) is 0 Å². The number of unbranched alkanes of at least 4 members (excludes halogenated alkanes) is 1. The second-order valence-electron chi connectivity index (χ2n) is 18.1. The van der Waals surface area contributed by atoms with Crippen molar-refractivity contribution >= 4 is 89.0 Å². The average molecular weight is 1130 g/mol. The smallest absolute Gasteiger partial charge is 0.326 e. The highest BCUT2D eigenvalue weighted by Crippen LogP contribution is 2.12. The van der Waals surface area contributed by atoms with E-state index in [1.54, 1.807) is 6.92 Å². The molecule has 9 atom stereocenters. The van der Waals surface area contributed by atoms with E-state index in [4.69, 9.17) is 38.9 Å². The van der Waals surface area contributed by atoms with Gasteiger partial charge in [-0.15, -0.1) is 0 Å². The summed E-state index contributed by atoms with van der Waals surface area (Å²) in [5.41, 5.74) is 22.4. The molecule has 0 aromatic rings. The van der Waals surface area contributed by atoms with E-state index in [2.05, 4.69) is 47.9 Å². The van der Waals surface area contributed by atoms with Crippen LogP contribution in [0.1, 0.15) is 110 Å². The highest BCUT2D eigenvalue weighted by molar-refractivity contribution is 5.98. The van der Waals surface area contributed by atoms with Crippen LogP contribution in [-0.2, 0) is 62.3 Å². The lowest BCUT2D eigenvalue weighted by Crippen LogP contribution is -2.59. The minimum Gasteiger partial charge on any atom is -0.481 e. The highest BCUT2D eigenvalue weighted by atomic mass is 16.4. The lowest BCUT2D eigenvalue weighted by atomic mass is 9.97. The molecule has 34 nitrogen and oxygen atoms in total. The summed E-state index contributed by atoms with van der Waals surface area (Å²) in [7, 11) is 0. The molecule has 79 heavy (non-hydrogen) atoms. The van der Waals surface area contributed by atoms with Gasteiger partial charge in [0.2, 0.25) is 47.3 Å². The number of carboxylic acids is 5. The van der Waals surface area contributed by atoms with E-state index in [0.29, 0.717) is 12.8 Å². The molecule has 0 aromatic heterocycles. The maximum absolute atomic E-state index is 14.0. The molecular formula is C45H78N16O18. The molecular weight excluding hydrogens is 1050 g/mol. The van der Waals surface area contributed by atoms with Gasteiger partial charge < -0.3 is 102 Å². The summed E-state index contributed by atoms with van der Waals surface area (Å²) >= 11 is 0. The monoisotopic (exact) mass is 1130 g/mol. The standard InChI is InChI=1S/C45H78N16O18/c1-3-22(2)35(42(77)60-29(20-34(69)70)41(76)59-28(43(78)79)13-16-33(67)68)61-30(62)21-54-37(72)26(11-14-31(63)64)57-40(75)27(12-15-32(65)66)58-38(73)24(9-4-5-17-46)56-39(74)25(10-7-19-53-45(50)51)55-36(71)23(47)8-6-18-52-44(48)49/h22-29,35H,3-21,46-47H2,1-2H3,(H,54,72)(H,55,71)(H,56,74)(H,57,75)(H,58,73)(H,59,76)(H,60,77)(H,61,62)(H,63,64)(H,65,66)(H,67,68)(H,69,70)(H,78,79)(H4,48,49,52)(H4,50,51,53)/t22-,23-,24-,25-,26-,27-,28-,29-,35-/m0/s1. The molecule has 0 aliphatic rings. The Kier molecular flexibility index (Phi) is 34.1. The van der Waals surface area contributed by atoms with E-state index < -0.39 is 183 Å². The zero-order chi connectivity index (χ0) is 60.4. The fraction of sp³-hybridized carbons (Fsp3) is 0.667. The van der Waals surface area contributed by atoms with Crippen molar-refractivity contribution < 1.29 is 87.9 Å². The van der Waals surface area contributed by atoms with Crippen molar-refractivity contribution in [1.82, 2.24) is 53.2 Å². The average Bonchev–Trinajstić information content (AvgIpc) is 3.36. The first-order chi connectivity index (χ1) is 37.0. The lowest BCUT2D eigenvalue weighted by Gasteiger charge is -2.27. The van der Waals surface area contributed by atoms with E-state index in [1.807, 2.05) is 5.32 Å². The molecule has 0 saturated heterocycles. The Morgan fingerprint density at radius 1 is 0.456 bits per heavy atom. The third-order valence-corrected chi connectivity index (χ3v) is 11.6. The van der Waals surface area contributed by atoms with Gasteiger partial charge in [-0.2, -0.15) is 0 Å². The van der Waals surface area contributed by atoms with Crippen molar-refractivity contribution in [2.24, 2.45) is 28.9 Å². The zero-order valence-corrected chi connectivity index (χ0v) is 44.0. The number of carbonyl (C=O) groups is 13. The molecule has 0 spiro atoms. The van der Waals surface area contributed by atoms with Crippen molar-refractivity contribution in [1.29, 1.82) is 10.8 Å². The van der Waals surface area contributed by atoms with Crippen molar-refractivity contribution in [3.8, 4) is 0 Å². The number of carbonyl (C=O) groups excluding carboxylic acids is 8. The van der Waals surface area contributed by atoms with Crippen LogP contribution >= 0.6 is 0 Å². The third-order valence-electron chi connectivity index (χ3n) is 11.6. The Hall–Kier alpha value is -8.43. The number of guanidine groups is 2. The van der Waals surface area contributed by atoms with Gasteiger partial charge in [0.25, 0.3) is 0 Å². The van der Waals surface area contributed by atoms with E-state index >= 15 is 0 Å². The largest absolute Gasteiger partial charge is 0.481 e. The van der Waals surface area contributed by atoms with Crippen molar-refractivity contribution in [3.05, 3.63) is 0 Å². The van der Waals surface area contributed by atoms with E-state index in [1.165, 1.54) is 6.92 Å². The van der Waals surface area contributed by atoms with E-state index in [9.17, 15) is 82.8 Å². The minimum absolute atomic E-state index is 0.0700. The quantitative estimate of drug-likeness (QED) is 0.0154. The van der Waals surface area contributed by atoms with E-state index in [0.717, 1.165) is 0 Å². The number of hydrogen-bond donors (Lipinski definition) is 21. The summed E-state index contributed by atoms with van der Waals surface area (Å²) in [6, 6.07) is -12.7. The Bertz CT molecular complexity index is 2150. The molecule has 0 aliphatic carbocycles. The predicted octanol–water partition coefficient (Wildman–Crippen LogP) is -6.32. The fourth-order valence-corrected chi connectivity index (χ4v) is 7.06. The van der Waals surface area contributed by atoms with Gasteiger partial charge in [0, 0.05) is 32.4 Å². The van der Waals surface area contributed by atoms with Crippen LogP contribution in [0, 0.1) is 16.7 Å². The number of carboxylic acid groups (broad SMARTS) is 5. The van der Waals surface area contributed by atoms with Crippen LogP contribution < -0.4 is 76.1 Å². The van der Waals surface area contributed by atoms with Gasteiger partial charge in [0.15, 0.2) is 11.9 Å². The Morgan fingerprint density at radius 3 is 1.28 bits per heavy atom. The SMILES string of the molecule is CC[C@H](C)[C@H](NC(=O)CNC(=O)[C@H](CCC(=O)O)NC(=O)[C@H](CCC(=O)O)NC(=O)[C@H](CCCCN)NC(=O)[C@H](CCCNC(=N)N)NC(=O)[C@@H](N)CCCNC(=N)N)C(=O)N[C@@H](CC(=O)O)C(=O)N[C@@H](CCC(=O)O)C(=O)O. The number of hydrogen-bond acceptors (Lipinski definition) is 17. The second-order valence-corrected chi connectivity index (χ2v) is 18.1. The first kappa shape index (κ1) is 70.6. The lowest BCUT2D eigenvalue weighted by molar-refractivity contribution is -0.144. The van der Waals surface area contributed by atoms with Gasteiger partial charge in [-0.25, -0.2) is 4.79 Å². The first-order valence-electron chi connectivity index (χ1n) is 25.1. The Morgan fingerprint density at radius 2 is 0.848 bits per heavy atom. The zero-order valence-electron chi connectivity index (χ0n) is 44.0. The summed E-state index contributed by atoms with van der Waals surface area (Å²) in [6.07, 6.45) is -3.98. The summed E-state index contributed by atoms with van der Waals surface area (Å²) < 4.78 is 0. The summed E-state index contributed by atoms with van der Waals surface area (Å²) in [4.78, 5) is 166. The molecule has 0 radical (unpaired) electrons. The number of nitrogens with two attached hydrogens (primary N) is 4. The maximum Gasteiger partial charge on any atom is 0.326 e. The molecule has 0 heterocycles. The Balaban J connectivity index is 6.54. The topological polar surface area (TPSA) is 595 Å².